The monoisotopic (exact) mass is 1200 g/mol. The molecule has 19 rings (SSSR count). The summed E-state index contributed by atoms with van der Waals surface area (Å²) >= 11 is 0. The number of nitrogens with one attached hydrogen (secondary N) is 2. The smallest absolute Gasteiger partial charge is 0.306 e. The number of hydrogen-bond acceptors (Lipinski definition) is 6. The van der Waals surface area contributed by atoms with Gasteiger partial charge in [0.05, 0.1) is 30.2 Å². The van der Waals surface area contributed by atoms with Gasteiger partial charge in [-0.1, -0.05) is 167 Å². The van der Waals surface area contributed by atoms with Crippen LogP contribution in [0.25, 0.3) is 17.2 Å². The molecule has 6 aliphatic heterocycles. The maximum absolute atomic E-state index is 14.7. The first-order valence-corrected chi connectivity index (χ1v) is 36.0. The Balaban J connectivity index is 0.932. The summed E-state index contributed by atoms with van der Waals surface area (Å²) in [6.07, 6.45) is 39.1. The molecule has 0 unspecified atom stereocenters. The van der Waals surface area contributed by atoms with Crippen LogP contribution in [0.4, 0.5) is 0 Å². The molecular weight excluding hydrogens is 1090 g/mol. The third-order valence-electron chi connectivity index (χ3n) is 28.0. The average Bonchev–Trinajstić information content (AvgIpc) is 1.41. The molecule has 5 saturated carbocycles. The van der Waals surface area contributed by atoms with Crippen LogP contribution in [0.2, 0.25) is 0 Å². The number of carbonyl (C=O) groups is 1. The van der Waals surface area contributed by atoms with Crippen molar-refractivity contribution in [2.24, 2.45) is 85.8 Å². The van der Waals surface area contributed by atoms with Crippen LogP contribution in [-0.4, -0.2) is 51.7 Å². The Kier molecular flexibility index (Phi) is 15.5. The lowest BCUT2D eigenvalue weighted by Crippen LogP contribution is -2.69. The van der Waals surface area contributed by atoms with E-state index >= 15 is 0 Å². The van der Waals surface area contributed by atoms with E-state index in [-0.39, 0.29) is 39.4 Å². The van der Waals surface area contributed by atoms with Crippen molar-refractivity contribution < 1.29 is 25.2 Å². The first-order chi connectivity index (χ1) is 43.1. The van der Waals surface area contributed by atoms with Crippen molar-refractivity contribution in [3.05, 3.63) is 170 Å². The fraction of sp³-hybridized carbons (Fsp3) is 0.598. The van der Waals surface area contributed by atoms with E-state index < -0.39 is 40.8 Å². The molecule has 16 aliphatic rings. The second-order valence-corrected chi connectivity index (χ2v) is 32.6. The van der Waals surface area contributed by atoms with Crippen molar-refractivity contribution in [3.63, 3.8) is 0 Å². The zero-order valence-corrected chi connectivity index (χ0v) is 54.3. The van der Waals surface area contributed by atoms with Gasteiger partial charge in [0.1, 0.15) is 0 Å². The molecule has 0 saturated heterocycles. The molecule has 0 radical (unpaired) electrons. The number of rotatable bonds is 8. The maximum atomic E-state index is 14.7. The molecular formula is C82H104N2O5. The van der Waals surface area contributed by atoms with E-state index in [2.05, 4.69) is 148 Å². The fourth-order valence-corrected chi connectivity index (χ4v) is 24.5. The summed E-state index contributed by atoms with van der Waals surface area (Å²) in [4.78, 5) is 14.7. The Labute approximate surface area is 532 Å². The highest BCUT2D eigenvalue weighted by molar-refractivity contribution is 5.78. The number of carboxylic acids is 1. The minimum absolute atomic E-state index is 0.0929. The van der Waals surface area contributed by atoms with Crippen LogP contribution in [0.1, 0.15) is 198 Å². The van der Waals surface area contributed by atoms with E-state index in [0.717, 1.165) is 121 Å². The molecule has 5 fully saturated rings. The molecule has 3 aromatic rings. The molecule has 6 N–H and O–H groups in total. The van der Waals surface area contributed by atoms with Gasteiger partial charge in [0.25, 0.3) is 0 Å². The van der Waals surface area contributed by atoms with E-state index in [1.165, 1.54) is 101 Å². The quantitative estimate of drug-likeness (QED) is 0.0981. The highest BCUT2D eigenvalue weighted by atomic mass is 16.4. The molecule has 14 bridgehead atoms. The van der Waals surface area contributed by atoms with Gasteiger partial charge in [0.2, 0.25) is 0 Å². The Bertz CT molecular complexity index is 3580. The lowest BCUT2D eigenvalue weighted by atomic mass is 9.29. The molecule has 89 heavy (non-hydrogen) atoms. The van der Waals surface area contributed by atoms with Gasteiger partial charge in [-0.3, -0.25) is 4.79 Å². The summed E-state index contributed by atoms with van der Waals surface area (Å²) in [5.74, 6) is 1.43. The van der Waals surface area contributed by atoms with E-state index in [1.54, 1.807) is 16.7 Å². The molecule has 15 atom stereocenters. The summed E-state index contributed by atoms with van der Waals surface area (Å²) < 4.78 is 0. The van der Waals surface area contributed by atoms with Gasteiger partial charge in [-0.2, -0.15) is 0 Å². The molecule has 472 valence electrons. The van der Waals surface area contributed by atoms with Crippen molar-refractivity contribution in [3.8, 4) is 0 Å². The third-order valence-corrected chi connectivity index (χ3v) is 28.0. The van der Waals surface area contributed by atoms with Crippen LogP contribution in [-0.2, 0) is 17.6 Å². The normalized spacial score (nSPS) is 39.7. The summed E-state index contributed by atoms with van der Waals surface area (Å²) in [6, 6.07) is 29.8. The highest BCUT2D eigenvalue weighted by Gasteiger charge is 2.77. The minimum Gasteiger partial charge on any atom is -0.516 e. The third kappa shape index (κ3) is 9.59. The van der Waals surface area contributed by atoms with Gasteiger partial charge < -0.3 is 31.1 Å². The number of fused-ring (bicyclic) bond motifs is 1. The second kappa shape index (κ2) is 23.0. The van der Waals surface area contributed by atoms with Crippen LogP contribution < -0.4 is 21.1 Å². The average molecular weight is 1200 g/mol. The number of dihydropyridines is 1. The van der Waals surface area contributed by atoms with Crippen molar-refractivity contribution in [2.45, 2.75) is 207 Å². The predicted octanol–water partition coefficient (Wildman–Crippen LogP) is 16.0. The van der Waals surface area contributed by atoms with Gasteiger partial charge in [0.15, 0.2) is 0 Å². The Morgan fingerprint density at radius 1 is 0.798 bits per heavy atom. The fourth-order valence-electron chi connectivity index (χ4n) is 24.5. The summed E-state index contributed by atoms with van der Waals surface area (Å²) in [7, 11) is 0. The van der Waals surface area contributed by atoms with Crippen LogP contribution in [0.15, 0.2) is 143 Å². The number of allylic oxidation sites excluding steroid dienone is 9. The number of aliphatic hydroxyl groups excluding tert-OH is 3. The lowest BCUT2D eigenvalue weighted by molar-refractivity contribution is -0.167. The lowest BCUT2D eigenvalue weighted by Gasteiger charge is -2.74. The maximum Gasteiger partial charge on any atom is 0.306 e. The van der Waals surface area contributed by atoms with E-state index in [1.807, 2.05) is 0 Å². The van der Waals surface area contributed by atoms with Crippen molar-refractivity contribution >= 4 is 23.2 Å². The summed E-state index contributed by atoms with van der Waals surface area (Å²) in [5.41, 5.74) is 12.5. The predicted molar refractivity (Wildman–Crippen MR) is 359 cm³/mol. The first-order valence-electron chi connectivity index (χ1n) is 36.0. The van der Waals surface area contributed by atoms with Crippen molar-refractivity contribution in [1.82, 2.24) is 10.6 Å². The van der Waals surface area contributed by atoms with Gasteiger partial charge in [-0.25, -0.2) is 0 Å². The SMILES string of the molecule is CC(C)CC1=CC[C@]2(C)[C@@H](O)CC[C@@]34C5=C6C[C@@]1(C=C1C(=c7ccccc7=C[C@@H]13)Cc1cccc(c1)C1=CC=C(NCCC[C@@H](C3CCCCC3)/C(=C/O)CC[C@@H](C(=O)O)[C@H]3[C@H](O)C[C@]6([C@@H]6CC[C@]7(CC[C@H](CCc8ccccc8)C7)C6)[C@]3(C)CC5)NC1)[C@@H]24. The first kappa shape index (κ1) is 59.9. The van der Waals surface area contributed by atoms with E-state index in [4.69, 9.17) is 0 Å². The zero-order valence-electron chi connectivity index (χ0n) is 54.3. The summed E-state index contributed by atoms with van der Waals surface area (Å²) in [6.45, 7) is 11.4. The topological polar surface area (TPSA) is 122 Å². The number of aryl methyl sites for hydroxylation is 1. The molecule has 0 amide bonds. The molecule has 7 heteroatoms. The Morgan fingerprint density at radius 2 is 1.62 bits per heavy atom. The second-order valence-electron chi connectivity index (χ2n) is 32.6. The Hall–Kier alpha value is -5.37. The van der Waals surface area contributed by atoms with E-state index in [9.17, 15) is 25.2 Å². The minimum atomic E-state index is -0.777. The zero-order chi connectivity index (χ0) is 61.1. The van der Waals surface area contributed by atoms with Crippen molar-refractivity contribution in [1.29, 1.82) is 0 Å². The number of aliphatic hydroxyl groups is 3. The molecule has 3 spiro atoms. The van der Waals surface area contributed by atoms with Crippen molar-refractivity contribution in [2.75, 3.05) is 13.1 Å². The van der Waals surface area contributed by atoms with Crippen LogP contribution in [0.5, 0.6) is 0 Å². The highest BCUT2D eigenvalue weighted by Crippen LogP contribution is 2.84. The van der Waals surface area contributed by atoms with Gasteiger partial charge >= 0.3 is 5.97 Å². The number of benzene rings is 3. The summed E-state index contributed by atoms with van der Waals surface area (Å²) in [5, 5.41) is 60.5. The largest absolute Gasteiger partial charge is 0.516 e. The number of aliphatic carboxylic acids is 1. The molecule has 3 aromatic carbocycles. The van der Waals surface area contributed by atoms with Crippen LogP contribution in [0.3, 0.4) is 0 Å². The van der Waals surface area contributed by atoms with Gasteiger partial charge in [-0.05, 0) is 250 Å². The van der Waals surface area contributed by atoms with E-state index in [0.29, 0.717) is 42.9 Å². The molecule has 6 heterocycles. The molecule has 10 aliphatic carbocycles. The standard InChI is InChI=1S/C82H104N2O5/c1-52(2)41-61-31-35-77(3)72(87)34-39-81-68-33-36-78(4)74-65(75(88)89)28-26-60(51-85)63(56-18-9-6-10-19-56)23-14-40-83-73-29-27-59(50-84-73)57-21-13-17-55(42-57)43-66-64-22-12-11-20-58(64)44-69(81)67(66)47-80(61,76(77)81)48-70(68)82(78,49-71(74)86)62-32-38-79(46-62)37-30-54(45-79)25-24-53-15-7-5-8-16-53/h5,7-8,11-13,15-17,20-22,27,29,31,42,44,47,51-52,54,56,62-63,65,69,71-72,74,76,83-87H,6,9-10,14,18-19,23-26,28,30,32-41,43,45-46,48-50H2,1-4H3,(H,88,89)/b60-51+/t54-,62+,63-,65+,69-,71+,72-,74-,76+,77+,78+,79-,80+,81+,82+/m0/s1. The Morgan fingerprint density at radius 3 is 2.42 bits per heavy atom. The van der Waals surface area contributed by atoms with Crippen LogP contribution >= 0.6 is 0 Å². The molecule has 7 nitrogen and oxygen atoms in total. The number of hydrogen-bond donors (Lipinski definition) is 6. The number of carboxylic acid groups (broad SMARTS) is 1. The van der Waals surface area contributed by atoms with Gasteiger partial charge in [-0.15, -0.1) is 0 Å². The van der Waals surface area contributed by atoms with Gasteiger partial charge in [0, 0.05) is 46.6 Å². The van der Waals surface area contributed by atoms with Crippen LogP contribution in [0, 0.1) is 85.8 Å². The molecule has 0 aromatic heterocycles.